The Morgan fingerprint density at radius 1 is 1.73 bits per heavy atom. The lowest BCUT2D eigenvalue weighted by Gasteiger charge is -2.07. The molecule has 0 fully saturated rings. The minimum Gasteiger partial charge on any atom is -0.249 e. The largest absolute Gasteiger partial charge is 0.249 e. The predicted molar refractivity (Wildman–Crippen MR) is 49.3 cm³/mol. The second-order valence-electron chi connectivity index (χ2n) is 2.24. The fourth-order valence-electron chi connectivity index (χ4n) is 0.750. The van der Waals surface area contributed by atoms with Crippen LogP contribution in [0.4, 0.5) is 0 Å². The molecule has 0 spiro atoms. The summed E-state index contributed by atoms with van der Waals surface area (Å²) in [6.07, 6.45) is 1.74. The lowest BCUT2D eigenvalue weighted by molar-refractivity contribution is 0.742. The highest BCUT2D eigenvalue weighted by atomic mass is 79.9. The van der Waals surface area contributed by atoms with Gasteiger partial charge >= 0.3 is 0 Å². The van der Waals surface area contributed by atoms with E-state index in [0.717, 1.165) is 10.2 Å². The van der Waals surface area contributed by atoms with Gasteiger partial charge in [0.05, 0.1) is 0 Å². The summed E-state index contributed by atoms with van der Waals surface area (Å²) in [5.74, 6) is 0. The first-order chi connectivity index (χ1) is 5.24. The van der Waals surface area contributed by atoms with E-state index < -0.39 is 0 Å². The van der Waals surface area contributed by atoms with Crippen molar-refractivity contribution in [2.24, 2.45) is 0 Å². The Kier molecular flexibility index (Phi) is 3.30. The van der Waals surface area contributed by atoms with Gasteiger partial charge in [-0.2, -0.15) is 0 Å². The summed E-state index contributed by atoms with van der Waals surface area (Å²) in [6, 6.07) is 4.00. The van der Waals surface area contributed by atoms with Crippen LogP contribution in [-0.2, 0) is 0 Å². The predicted octanol–water partition coefficient (Wildman–Crippen LogP) is 2.65. The standard InChI is InChI=1S/C7H8BrClN2/c1-5(11-9)6-2-3-10-7(8)4-6/h2-5,11H,1H3/t5-/m1/s1. The monoisotopic (exact) mass is 234 g/mol. The number of aromatic nitrogens is 1. The molecule has 4 heteroatoms. The van der Waals surface area contributed by atoms with Crippen LogP contribution in [0.5, 0.6) is 0 Å². The van der Waals surface area contributed by atoms with Crippen molar-refractivity contribution in [2.45, 2.75) is 13.0 Å². The van der Waals surface area contributed by atoms with Gasteiger partial charge in [0, 0.05) is 12.2 Å². The van der Waals surface area contributed by atoms with E-state index in [-0.39, 0.29) is 6.04 Å². The SMILES string of the molecule is C[C@@H](NCl)c1ccnc(Br)c1. The molecule has 0 bridgehead atoms. The Morgan fingerprint density at radius 2 is 2.45 bits per heavy atom. The van der Waals surface area contributed by atoms with Crippen LogP contribution in [0.1, 0.15) is 18.5 Å². The van der Waals surface area contributed by atoms with Gasteiger partial charge < -0.3 is 0 Å². The third kappa shape index (κ3) is 2.43. The van der Waals surface area contributed by atoms with Gasteiger partial charge in [-0.3, -0.25) is 0 Å². The summed E-state index contributed by atoms with van der Waals surface area (Å²) in [6.45, 7) is 1.98. The lowest BCUT2D eigenvalue weighted by atomic mass is 10.1. The summed E-state index contributed by atoms with van der Waals surface area (Å²) >= 11 is 8.73. The molecule has 60 valence electrons. The van der Waals surface area contributed by atoms with Crippen LogP contribution in [0, 0.1) is 0 Å². The Hall–Kier alpha value is -0.120. The molecule has 1 heterocycles. The third-order valence-corrected chi connectivity index (χ3v) is 2.18. The molecule has 0 unspecified atom stereocenters. The van der Waals surface area contributed by atoms with Gasteiger partial charge in [-0.1, -0.05) is 0 Å². The molecule has 0 amide bonds. The van der Waals surface area contributed by atoms with Gasteiger partial charge in [0.1, 0.15) is 4.60 Å². The molecule has 1 aromatic rings. The maximum absolute atomic E-state index is 5.45. The van der Waals surface area contributed by atoms with E-state index in [1.807, 2.05) is 19.1 Å². The molecule has 1 rings (SSSR count). The fraction of sp³-hybridized carbons (Fsp3) is 0.286. The van der Waals surface area contributed by atoms with Crippen molar-refractivity contribution in [3.05, 3.63) is 28.5 Å². The third-order valence-electron chi connectivity index (χ3n) is 1.41. The molecule has 0 saturated heterocycles. The first-order valence-corrected chi connectivity index (χ1v) is 4.38. The van der Waals surface area contributed by atoms with E-state index in [9.17, 15) is 0 Å². The van der Waals surface area contributed by atoms with Crippen LogP contribution in [0.15, 0.2) is 22.9 Å². The van der Waals surface area contributed by atoms with E-state index in [1.54, 1.807) is 6.20 Å². The van der Waals surface area contributed by atoms with E-state index >= 15 is 0 Å². The number of nitrogens with one attached hydrogen (secondary N) is 1. The zero-order chi connectivity index (χ0) is 8.27. The minimum atomic E-state index is 0.149. The quantitative estimate of drug-likeness (QED) is 0.630. The average Bonchev–Trinajstić information content (AvgIpc) is 2.03. The number of halogens is 2. The van der Waals surface area contributed by atoms with Gasteiger partial charge in [-0.25, -0.2) is 9.82 Å². The normalized spacial score (nSPS) is 13.0. The van der Waals surface area contributed by atoms with E-state index in [0.29, 0.717) is 0 Å². The molecular formula is C7H8BrClN2. The van der Waals surface area contributed by atoms with Crippen LogP contribution in [0.25, 0.3) is 0 Å². The Morgan fingerprint density at radius 3 is 3.00 bits per heavy atom. The number of rotatable bonds is 2. The average molecular weight is 236 g/mol. The molecule has 1 aromatic heterocycles. The highest BCUT2D eigenvalue weighted by Gasteiger charge is 2.02. The Labute approximate surface area is 79.2 Å². The van der Waals surface area contributed by atoms with Gasteiger partial charge in [-0.15, -0.1) is 0 Å². The van der Waals surface area contributed by atoms with E-state index in [2.05, 4.69) is 25.7 Å². The minimum absolute atomic E-state index is 0.149. The fourth-order valence-corrected chi connectivity index (χ4v) is 1.26. The van der Waals surface area contributed by atoms with Gasteiger partial charge in [0.2, 0.25) is 0 Å². The van der Waals surface area contributed by atoms with Crippen molar-refractivity contribution in [3.63, 3.8) is 0 Å². The number of hydrogen-bond donors (Lipinski definition) is 1. The van der Waals surface area contributed by atoms with Gasteiger partial charge in [-0.05, 0) is 52.3 Å². The molecule has 1 atom stereocenters. The maximum Gasteiger partial charge on any atom is 0.106 e. The summed E-state index contributed by atoms with van der Waals surface area (Å²) in [5.41, 5.74) is 1.11. The highest BCUT2D eigenvalue weighted by Crippen LogP contribution is 2.15. The molecule has 2 nitrogen and oxygen atoms in total. The molecule has 0 aliphatic carbocycles. The Balaban J connectivity index is 2.86. The number of nitrogens with zero attached hydrogens (tertiary/aromatic N) is 1. The number of pyridine rings is 1. The van der Waals surface area contributed by atoms with Crippen molar-refractivity contribution in [1.82, 2.24) is 9.82 Å². The molecule has 0 radical (unpaired) electrons. The highest BCUT2D eigenvalue weighted by molar-refractivity contribution is 9.10. The lowest BCUT2D eigenvalue weighted by Crippen LogP contribution is -2.06. The van der Waals surface area contributed by atoms with Crippen molar-refractivity contribution < 1.29 is 0 Å². The molecule has 11 heavy (non-hydrogen) atoms. The molecule has 1 N–H and O–H groups in total. The van der Waals surface area contributed by atoms with Crippen LogP contribution in [0.2, 0.25) is 0 Å². The van der Waals surface area contributed by atoms with Crippen molar-refractivity contribution in [3.8, 4) is 0 Å². The molecule has 0 aliphatic rings. The summed E-state index contributed by atoms with van der Waals surface area (Å²) in [4.78, 5) is 6.63. The zero-order valence-electron chi connectivity index (χ0n) is 6.01. The van der Waals surface area contributed by atoms with Crippen molar-refractivity contribution in [1.29, 1.82) is 0 Å². The molecule has 0 saturated carbocycles. The van der Waals surface area contributed by atoms with Crippen LogP contribution in [0.3, 0.4) is 0 Å². The summed E-state index contributed by atoms with van der Waals surface area (Å²) in [7, 11) is 0. The maximum atomic E-state index is 5.45. The van der Waals surface area contributed by atoms with E-state index in [1.165, 1.54) is 0 Å². The molecule has 0 aromatic carbocycles. The smallest absolute Gasteiger partial charge is 0.106 e. The zero-order valence-corrected chi connectivity index (χ0v) is 8.35. The molecule has 0 aliphatic heterocycles. The Bertz CT molecular complexity index is 242. The van der Waals surface area contributed by atoms with Gasteiger partial charge in [0.15, 0.2) is 0 Å². The topological polar surface area (TPSA) is 24.9 Å². The van der Waals surface area contributed by atoms with Crippen LogP contribution < -0.4 is 4.84 Å². The second-order valence-corrected chi connectivity index (χ2v) is 3.27. The first-order valence-electron chi connectivity index (χ1n) is 3.21. The van der Waals surface area contributed by atoms with Crippen molar-refractivity contribution in [2.75, 3.05) is 0 Å². The van der Waals surface area contributed by atoms with Gasteiger partial charge in [0.25, 0.3) is 0 Å². The van der Waals surface area contributed by atoms with Crippen LogP contribution >= 0.6 is 27.7 Å². The summed E-state index contributed by atoms with van der Waals surface area (Å²) in [5, 5.41) is 0. The molecular weight excluding hydrogens is 227 g/mol. The van der Waals surface area contributed by atoms with Crippen LogP contribution in [-0.4, -0.2) is 4.98 Å². The second kappa shape index (κ2) is 4.04. The summed E-state index contributed by atoms with van der Waals surface area (Å²) < 4.78 is 0.828. The van der Waals surface area contributed by atoms with Crippen molar-refractivity contribution >= 4 is 27.7 Å². The van der Waals surface area contributed by atoms with E-state index in [4.69, 9.17) is 11.8 Å². The number of hydrogen-bond acceptors (Lipinski definition) is 2. The first kappa shape index (κ1) is 8.97.